The molecule has 1 aromatic heterocycles. The zero-order valence-electron chi connectivity index (χ0n) is 9.83. The maximum Gasteiger partial charge on any atom is 0.146 e. The summed E-state index contributed by atoms with van der Waals surface area (Å²) in [5, 5.41) is 16.2. The molecule has 1 aromatic carbocycles. The highest BCUT2D eigenvalue weighted by Crippen LogP contribution is 2.25. The maximum atomic E-state index is 13.4. The van der Waals surface area contributed by atoms with Crippen molar-refractivity contribution in [3.63, 3.8) is 0 Å². The van der Waals surface area contributed by atoms with Gasteiger partial charge in [0, 0.05) is 12.7 Å². The molecule has 0 amide bonds. The standard InChI is InChI=1S/C12H10BrFN4/c1-7-9(6-15)12(18(2)17-7)16-8-3-4-10(13)11(14)5-8/h3-5,16H,1-2H3. The summed E-state index contributed by atoms with van der Waals surface area (Å²) >= 11 is 3.09. The van der Waals surface area contributed by atoms with Crippen molar-refractivity contribution in [3.05, 3.63) is 39.7 Å². The second-order valence-electron chi connectivity index (χ2n) is 3.80. The van der Waals surface area contributed by atoms with E-state index in [1.807, 2.05) is 0 Å². The summed E-state index contributed by atoms with van der Waals surface area (Å²) < 4.78 is 15.4. The summed E-state index contributed by atoms with van der Waals surface area (Å²) in [5.74, 6) is 0.189. The number of aryl methyl sites for hydroxylation is 2. The van der Waals surface area contributed by atoms with Crippen LogP contribution in [0.2, 0.25) is 0 Å². The van der Waals surface area contributed by atoms with Gasteiger partial charge in [-0.25, -0.2) is 4.39 Å². The zero-order chi connectivity index (χ0) is 13.3. The highest BCUT2D eigenvalue weighted by Gasteiger charge is 2.13. The Morgan fingerprint density at radius 1 is 1.50 bits per heavy atom. The monoisotopic (exact) mass is 308 g/mol. The van der Waals surface area contributed by atoms with Gasteiger partial charge in [-0.3, -0.25) is 4.68 Å². The van der Waals surface area contributed by atoms with E-state index >= 15 is 0 Å². The lowest BCUT2D eigenvalue weighted by Gasteiger charge is -2.07. The smallest absolute Gasteiger partial charge is 0.146 e. The van der Waals surface area contributed by atoms with Crippen LogP contribution < -0.4 is 5.32 Å². The SMILES string of the molecule is Cc1nn(C)c(Nc2ccc(Br)c(F)c2)c1C#N. The molecule has 18 heavy (non-hydrogen) atoms. The first-order valence-corrected chi connectivity index (χ1v) is 5.98. The summed E-state index contributed by atoms with van der Waals surface area (Å²) in [6, 6.07) is 6.76. The number of anilines is 2. The molecule has 0 bridgehead atoms. The van der Waals surface area contributed by atoms with E-state index in [0.29, 0.717) is 27.2 Å². The van der Waals surface area contributed by atoms with E-state index in [0.717, 1.165) is 0 Å². The lowest BCUT2D eigenvalue weighted by molar-refractivity contribution is 0.621. The van der Waals surface area contributed by atoms with Gasteiger partial charge in [0.15, 0.2) is 0 Å². The first-order valence-electron chi connectivity index (χ1n) is 5.18. The molecule has 0 spiro atoms. The number of hydrogen-bond acceptors (Lipinski definition) is 3. The van der Waals surface area contributed by atoms with Crippen LogP contribution in [0.25, 0.3) is 0 Å². The van der Waals surface area contributed by atoms with E-state index < -0.39 is 0 Å². The number of aromatic nitrogens is 2. The van der Waals surface area contributed by atoms with E-state index in [9.17, 15) is 4.39 Å². The van der Waals surface area contributed by atoms with Crippen molar-refractivity contribution in [2.45, 2.75) is 6.92 Å². The Bertz CT molecular complexity index is 642. The van der Waals surface area contributed by atoms with Crippen molar-refractivity contribution in [2.75, 3.05) is 5.32 Å². The average Bonchev–Trinajstić information content (AvgIpc) is 2.58. The van der Waals surface area contributed by atoms with Gasteiger partial charge in [0.2, 0.25) is 0 Å². The molecule has 0 saturated carbocycles. The molecular weight excluding hydrogens is 299 g/mol. The van der Waals surface area contributed by atoms with Gasteiger partial charge in [0.1, 0.15) is 23.3 Å². The van der Waals surface area contributed by atoms with Gasteiger partial charge in [0.25, 0.3) is 0 Å². The maximum absolute atomic E-state index is 13.4. The lowest BCUT2D eigenvalue weighted by Crippen LogP contribution is -2.00. The first kappa shape index (κ1) is 12.6. The summed E-state index contributed by atoms with van der Waals surface area (Å²) in [7, 11) is 1.73. The minimum Gasteiger partial charge on any atom is -0.339 e. The third-order valence-electron chi connectivity index (χ3n) is 2.52. The fraction of sp³-hybridized carbons (Fsp3) is 0.167. The number of halogens is 2. The number of nitriles is 1. The van der Waals surface area contributed by atoms with Crippen molar-refractivity contribution in [2.24, 2.45) is 7.05 Å². The van der Waals surface area contributed by atoms with Crippen molar-refractivity contribution >= 4 is 27.4 Å². The predicted octanol–water partition coefficient (Wildman–Crippen LogP) is 3.25. The van der Waals surface area contributed by atoms with Gasteiger partial charge >= 0.3 is 0 Å². The molecule has 0 aliphatic rings. The number of nitrogens with zero attached hydrogens (tertiary/aromatic N) is 3. The van der Waals surface area contributed by atoms with Gasteiger partial charge in [-0.2, -0.15) is 10.4 Å². The molecule has 0 atom stereocenters. The van der Waals surface area contributed by atoms with Crippen LogP contribution in [0.15, 0.2) is 22.7 Å². The molecule has 0 aliphatic heterocycles. The van der Waals surface area contributed by atoms with Crippen LogP contribution in [-0.2, 0) is 7.05 Å². The molecular formula is C12H10BrFN4. The van der Waals surface area contributed by atoms with Crippen LogP contribution in [0.4, 0.5) is 15.9 Å². The zero-order valence-corrected chi connectivity index (χ0v) is 11.4. The topological polar surface area (TPSA) is 53.6 Å². The Kier molecular flexibility index (Phi) is 3.34. The molecule has 0 saturated heterocycles. The Hall–Kier alpha value is -1.87. The van der Waals surface area contributed by atoms with E-state index in [1.165, 1.54) is 6.07 Å². The van der Waals surface area contributed by atoms with Gasteiger partial charge < -0.3 is 5.32 Å². The van der Waals surface area contributed by atoms with Crippen molar-refractivity contribution < 1.29 is 4.39 Å². The van der Waals surface area contributed by atoms with Crippen LogP contribution in [0.5, 0.6) is 0 Å². The molecule has 0 radical (unpaired) electrons. The quantitative estimate of drug-likeness (QED) is 0.926. The molecule has 1 N–H and O–H groups in total. The Morgan fingerprint density at radius 3 is 2.83 bits per heavy atom. The normalized spacial score (nSPS) is 10.2. The second kappa shape index (κ2) is 4.78. The molecule has 2 rings (SSSR count). The van der Waals surface area contributed by atoms with E-state index in [2.05, 4.69) is 32.4 Å². The second-order valence-corrected chi connectivity index (χ2v) is 4.65. The summed E-state index contributed by atoms with van der Waals surface area (Å²) in [6.07, 6.45) is 0. The Morgan fingerprint density at radius 2 is 2.22 bits per heavy atom. The highest BCUT2D eigenvalue weighted by atomic mass is 79.9. The van der Waals surface area contributed by atoms with Crippen LogP contribution in [-0.4, -0.2) is 9.78 Å². The number of nitrogens with one attached hydrogen (secondary N) is 1. The molecule has 4 nitrogen and oxygen atoms in total. The van der Waals surface area contributed by atoms with Gasteiger partial charge in [-0.15, -0.1) is 0 Å². The molecule has 92 valence electrons. The van der Waals surface area contributed by atoms with Crippen molar-refractivity contribution in [1.82, 2.24) is 9.78 Å². The van der Waals surface area contributed by atoms with Gasteiger partial charge in [-0.1, -0.05) is 0 Å². The summed E-state index contributed by atoms with van der Waals surface area (Å²) in [6.45, 7) is 1.76. The number of hydrogen-bond donors (Lipinski definition) is 1. The van der Waals surface area contributed by atoms with Crippen molar-refractivity contribution in [3.8, 4) is 6.07 Å². The molecule has 6 heteroatoms. The third kappa shape index (κ3) is 2.22. The van der Waals surface area contributed by atoms with E-state index in [4.69, 9.17) is 5.26 Å². The van der Waals surface area contributed by atoms with E-state index in [-0.39, 0.29) is 5.82 Å². The third-order valence-corrected chi connectivity index (χ3v) is 3.16. The van der Waals surface area contributed by atoms with E-state index in [1.54, 1.807) is 30.8 Å². The summed E-state index contributed by atoms with van der Waals surface area (Å²) in [5.41, 5.74) is 1.66. The fourth-order valence-electron chi connectivity index (χ4n) is 1.65. The Labute approximate surface area is 112 Å². The predicted molar refractivity (Wildman–Crippen MR) is 70.0 cm³/mol. The van der Waals surface area contributed by atoms with Crippen LogP contribution in [0.3, 0.4) is 0 Å². The van der Waals surface area contributed by atoms with Crippen LogP contribution >= 0.6 is 15.9 Å². The van der Waals surface area contributed by atoms with Crippen LogP contribution in [0, 0.1) is 24.1 Å². The fourth-order valence-corrected chi connectivity index (χ4v) is 1.89. The minimum atomic E-state index is -0.364. The molecule has 1 heterocycles. The molecule has 0 fully saturated rings. The first-order chi connectivity index (χ1) is 8.52. The highest BCUT2D eigenvalue weighted by molar-refractivity contribution is 9.10. The lowest BCUT2D eigenvalue weighted by atomic mass is 10.2. The number of rotatable bonds is 2. The Balaban J connectivity index is 2.40. The largest absolute Gasteiger partial charge is 0.339 e. The average molecular weight is 309 g/mol. The minimum absolute atomic E-state index is 0.364. The van der Waals surface area contributed by atoms with Crippen LogP contribution in [0.1, 0.15) is 11.3 Å². The molecule has 0 unspecified atom stereocenters. The number of benzene rings is 1. The van der Waals surface area contributed by atoms with Crippen molar-refractivity contribution in [1.29, 1.82) is 5.26 Å². The molecule has 2 aromatic rings. The summed E-state index contributed by atoms with van der Waals surface area (Å²) in [4.78, 5) is 0. The van der Waals surface area contributed by atoms with Gasteiger partial charge in [-0.05, 0) is 41.1 Å². The van der Waals surface area contributed by atoms with Gasteiger partial charge in [0.05, 0.1) is 10.2 Å². The molecule has 0 aliphatic carbocycles.